The smallest absolute Gasteiger partial charge is 0.254 e. The Bertz CT molecular complexity index is 1030. The molecule has 1 aliphatic rings. The summed E-state index contributed by atoms with van der Waals surface area (Å²) < 4.78 is 13.6. The summed E-state index contributed by atoms with van der Waals surface area (Å²) >= 11 is 5.86. The van der Waals surface area contributed by atoms with Gasteiger partial charge in [-0.05, 0) is 47.9 Å². The van der Waals surface area contributed by atoms with Gasteiger partial charge < -0.3 is 15.1 Å². The number of amides is 3. The molecule has 0 bridgehead atoms. The van der Waals surface area contributed by atoms with Gasteiger partial charge >= 0.3 is 0 Å². The Morgan fingerprint density at radius 2 is 1.90 bits per heavy atom. The Hall–Kier alpha value is -2.93. The van der Waals surface area contributed by atoms with Gasteiger partial charge in [-0.3, -0.25) is 14.4 Å². The molecule has 8 heteroatoms. The van der Waals surface area contributed by atoms with Gasteiger partial charge in [-0.2, -0.15) is 0 Å². The van der Waals surface area contributed by atoms with E-state index in [1.54, 1.807) is 20.2 Å². The van der Waals surface area contributed by atoms with Gasteiger partial charge in [0.15, 0.2) is 0 Å². The predicted octanol–water partition coefficient (Wildman–Crippen LogP) is 3.87. The molecular weight excluding hydrogens is 421 g/mol. The van der Waals surface area contributed by atoms with Crippen LogP contribution in [0, 0.1) is 5.82 Å². The van der Waals surface area contributed by atoms with Gasteiger partial charge in [0.25, 0.3) is 5.91 Å². The molecule has 6 nitrogen and oxygen atoms in total. The topological polar surface area (TPSA) is 69.7 Å². The molecule has 1 N–H and O–H groups in total. The van der Waals surface area contributed by atoms with Crippen LogP contribution < -0.4 is 5.32 Å². The second-order valence-corrected chi connectivity index (χ2v) is 8.20. The summed E-state index contributed by atoms with van der Waals surface area (Å²) in [6.45, 7) is 2.12. The van der Waals surface area contributed by atoms with Gasteiger partial charge in [-0.15, -0.1) is 0 Å². The number of benzene rings is 2. The molecular formula is C23H25ClFN3O3. The first-order chi connectivity index (χ1) is 14.7. The fourth-order valence-corrected chi connectivity index (χ4v) is 3.82. The Morgan fingerprint density at radius 3 is 2.55 bits per heavy atom. The number of fused-ring (bicyclic) bond motifs is 1. The maximum atomic E-state index is 13.6. The van der Waals surface area contributed by atoms with Crippen LogP contribution in [0.3, 0.4) is 0 Å². The van der Waals surface area contributed by atoms with Crippen molar-refractivity contribution in [1.29, 1.82) is 0 Å². The molecule has 0 saturated carbocycles. The molecule has 31 heavy (non-hydrogen) atoms. The average molecular weight is 446 g/mol. The Labute approximate surface area is 186 Å². The lowest BCUT2D eigenvalue weighted by atomic mass is 9.92. The summed E-state index contributed by atoms with van der Waals surface area (Å²) in [6, 6.07) is 8.59. The zero-order valence-electron chi connectivity index (χ0n) is 17.7. The van der Waals surface area contributed by atoms with Gasteiger partial charge in [0, 0.05) is 44.7 Å². The highest BCUT2D eigenvalue weighted by atomic mass is 35.5. The monoisotopic (exact) mass is 445 g/mol. The molecule has 0 unspecified atom stereocenters. The molecule has 0 saturated heterocycles. The molecule has 0 fully saturated rings. The molecule has 0 aliphatic carbocycles. The minimum atomic E-state index is -0.695. The van der Waals surface area contributed by atoms with Crippen molar-refractivity contribution in [2.24, 2.45) is 0 Å². The van der Waals surface area contributed by atoms with E-state index in [1.807, 2.05) is 19.1 Å². The molecule has 1 heterocycles. The molecule has 0 spiro atoms. The SMILES string of the molecule is CCCC(=O)Nc1ccc2c(c1)CN(C(=O)c1ccc(F)c(Cl)c1)[C@@H](C(=O)N(C)C)C2. The largest absolute Gasteiger partial charge is 0.347 e. The van der Waals surface area contributed by atoms with E-state index in [0.29, 0.717) is 18.5 Å². The number of halogens is 2. The number of carbonyl (C=O) groups excluding carboxylic acids is 3. The highest BCUT2D eigenvalue weighted by Gasteiger charge is 2.36. The molecule has 3 rings (SSSR count). The number of likely N-dealkylation sites (N-methyl/N-ethyl adjacent to an activating group) is 1. The number of carbonyl (C=O) groups is 3. The molecule has 1 atom stereocenters. The zero-order valence-corrected chi connectivity index (χ0v) is 18.5. The minimum Gasteiger partial charge on any atom is -0.347 e. The van der Waals surface area contributed by atoms with Crippen LogP contribution in [-0.4, -0.2) is 47.7 Å². The second-order valence-electron chi connectivity index (χ2n) is 7.80. The van der Waals surface area contributed by atoms with Crippen LogP contribution in [-0.2, 0) is 22.6 Å². The zero-order chi connectivity index (χ0) is 22.7. The highest BCUT2D eigenvalue weighted by Crippen LogP contribution is 2.29. The molecule has 2 aromatic rings. The fourth-order valence-electron chi connectivity index (χ4n) is 3.64. The molecule has 0 radical (unpaired) electrons. The highest BCUT2D eigenvalue weighted by molar-refractivity contribution is 6.31. The van der Waals surface area contributed by atoms with Crippen molar-refractivity contribution in [3.63, 3.8) is 0 Å². The summed E-state index contributed by atoms with van der Waals surface area (Å²) in [5.41, 5.74) is 2.64. The molecule has 1 aliphatic heterocycles. The molecule has 164 valence electrons. The van der Waals surface area contributed by atoms with Crippen molar-refractivity contribution < 1.29 is 18.8 Å². The Balaban J connectivity index is 1.95. The van der Waals surface area contributed by atoms with Crippen molar-refractivity contribution >= 4 is 35.0 Å². The molecule has 0 aromatic heterocycles. The van der Waals surface area contributed by atoms with Gasteiger partial charge in [0.1, 0.15) is 11.9 Å². The van der Waals surface area contributed by atoms with Crippen LogP contribution in [0.25, 0.3) is 0 Å². The van der Waals surface area contributed by atoms with E-state index in [0.717, 1.165) is 23.6 Å². The number of rotatable bonds is 5. The first kappa shape index (κ1) is 22.7. The van der Waals surface area contributed by atoms with E-state index >= 15 is 0 Å². The fraction of sp³-hybridized carbons (Fsp3) is 0.348. The van der Waals surface area contributed by atoms with Crippen molar-refractivity contribution in [2.75, 3.05) is 19.4 Å². The van der Waals surface area contributed by atoms with Crippen molar-refractivity contribution in [2.45, 2.75) is 38.8 Å². The number of nitrogens with one attached hydrogen (secondary N) is 1. The van der Waals surface area contributed by atoms with E-state index in [4.69, 9.17) is 11.6 Å². The van der Waals surface area contributed by atoms with Crippen molar-refractivity contribution in [3.05, 3.63) is 63.9 Å². The van der Waals surface area contributed by atoms with Crippen molar-refractivity contribution in [3.8, 4) is 0 Å². The summed E-state index contributed by atoms with van der Waals surface area (Å²) in [5.74, 6) is -1.30. The van der Waals surface area contributed by atoms with E-state index in [9.17, 15) is 18.8 Å². The van der Waals surface area contributed by atoms with Gasteiger partial charge in [-0.1, -0.05) is 24.6 Å². The predicted molar refractivity (Wildman–Crippen MR) is 117 cm³/mol. The van der Waals surface area contributed by atoms with Gasteiger partial charge in [0.05, 0.1) is 5.02 Å². The second kappa shape index (κ2) is 9.47. The Kier molecular flexibility index (Phi) is 6.95. The van der Waals surface area contributed by atoms with Crippen LogP contribution in [0.2, 0.25) is 5.02 Å². The first-order valence-corrected chi connectivity index (χ1v) is 10.5. The minimum absolute atomic E-state index is 0.0761. The normalized spacial score (nSPS) is 15.3. The number of hydrogen-bond donors (Lipinski definition) is 1. The van der Waals surface area contributed by atoms with E-state index < -0.39 is 17.8 Å². The van der Waals surface area contributed by atoms with Crippen LogP contribution in [0.15, 0.2) is 36.4 Å². The number of anilines is 1. The van der Waals surface area contributed by atoms with Crippen LogP contribution in [0.4, 0.5) is 10.1 Å². The summed E-state index contributed by atoms with van der Waals surface area (Å²) in [7, 11) is 3.28. The lowest BCUT2D eigenvalue weighted by Crippen LogP contribution is -2.52. The van der Waals surface area contributed by atoms with E-state index in [1.165, 1.54) is 21.9 Å². The van der Waals surface area contributed by atoms with Crippen molar-refractivity contribution in [1.82, 2.24) is 9.80 Å². The first-order valence-electron chi connectivity index (χ1n) is 10.1. The number of hydrogen-bond acceptors (Lipinski definition) is 3. The maximum absolute atomic E-state index is 13.6. The lowest BCUT2D eigenvalue weighted by molar-refractivity contribution is -0.134. The third-order valence-electron chi connectivity index (χ3n) is 5.25. The summed E-state index contributed by atoms with van der Waals surface area (Å²) in [5, 5.41) is 2.70. The lowest BCUT2D eigenvalue weighted by Gasteiger charge is -2.37. The van der Waals surface area contributed by atoms with Crippen LogP contribution in [0.5, 0.6) is 0 Å². The summed E-state index contributed by atoms with van der Waals surface area (Å²) in [4.78, 5) is 41.0. The van der Waals surface area contributed by atoms with Gasteiger partial charge in [-0.25, -0.2) is 4.39 Å². The molecule has 3 amide bonds. The average Bonchev–Trinajstić information content (AvgIpc) is 2.73. The van der Waals surface area contributed by atoms with Crippen LogP contribution >= 0.6 is 11.6 Å². The Morgan fingerprint density at radius 1 is 1.16 bits per heavy atom. The summed E-state index contributed by atoms with van der Waals surface area (Å²) in [6.07, 6.45) is 1.51. The van der Waals surface area contributed by atoms with E-state index in [-0.39, 0.29) is 28.9 Å². The maximum Gasteiger partial charge on any atom is 0.254 e. The quantitative estimate of drug-likeness (QED) is 0.759. The standard InChI is InChI=1S/C23H25ClFN3O3/c1-4-5-21(29)26-17-8-6-14-12-20(23(31)27(2)3)28(13-16(14)10-17)22(30)15-7-9-19(25)18(24)11-15/h6-11,20H,4-5,12-13H2,1-3H3,(H,26,29)/t20-/m1/s1. The van der Waals surface area contributed by atoms with Crippen LogP contribution in [0.1, 0.15) is 41.3 Å². The molecule has 2 aromatic carbocycles. The number of nitrogens with zero attached hydrogens (tertiary/aromatic N) is 2. The van der Waals surface area contributed by atoms with Gasteiger partial charge in [0.2, 0.25) is 11.8 Å². The third-order valence-corrected chi connectivity index (χ3v) is 5.54. The third kappa shape index (κ3) is 5.05. The van der Waals surface area contributed by atoms with E-state index in [2.05, 4.69) is 5.32 Å².